The molecule has 0 bridgehead atoms. The van der Waals surface area contributed by atoms with Gasteiger partial charge in [0.15, 0.2) is 0 Å². The molecule has 2 amide bonds. The van der Waals surface area contributed by atoms with Crippen molar-refractivity contribution >= 4 is 11.8 Å². The fourth-order valence-electron chi connectivity index (χ4n) is 2.38. The molecule has 0 saturated carbocycles. The number of hydrogen-bond acceptors (Lipinski definition) is 2. The summed E-state index contributed by atoms with van der Waals surface area (Å²) in [5.74, 6) is -0.0556. The number of carbonyl (C=O) groups excluding carboxylic acids is 2. The summed E-state index contributed by atoms with van der Waals surface area (Å²) < 4.78 is 0. The molecule has 2 atom stereocenters. The van der Waals surface area contributed by atoms with Gasteiger partial charge in [0.1, 0.15) is 6.04 Å². The second-order valence-corrected chi connectivity index (χ2v) is 6.19. The highest BCUT2D eigenvalue weighted by atomic mass is 16.2. The summed E-state index contributed by atoms with van der Waals surface area (Å²) in [5.41, 5.74) is 2.22. The lowest BCUT2D eigenvalue weighted by Crippen LogP contribution is -2.49. The number of carbonyl (C=O) groups is 2. The third-order valence-electron chi connectivity index (χ3n) is 4.23. The summed E-state index contributed by atoms with van der Waals surface area (Å²) in [7, 11) is 0. The fraction of sp³-hybridized carbons (Fsp3) is 0.579. The Balaban J connectivity index is 2.94. The van der Waals surface area contributed by atoms with Crippen molar-refractivity contribution in [1.29, 1.82) is 0 Å². The maximum atomic E-state index is 12.5. The number of hydrogen-bond donors (Lipinski definition) is 1. The van der Waals surface area contributed by atoms with E-state index in [1.165, 1.54) is 0 Å². The van der Waals surface area contributed by atoms with Crippen molar-refractivity contribution in [3.05, 3.63) is 35.4 Å². The first-order valence-corrected chi connectivity index (χ1v) is 8.55. The zero-order valence-electron chi connectivity index (χ0n) is 15.1. The van der Waals surface area contributed by atoms with Crippen LogP contribution in [0.4, 0.5) is 0 Å². The highest BCUT2D eigenvalue weighted by Crippen LogP contribution is 2.15. The van der Waals surface area contributed by atoms with Gasteiger partial charge in [0, 0.05) is 19.0 Å². The summed E-state index contributed by atoms with van der Waals surface area (Å²) in [4.78, 5) is 26.6. The largest absolute Gasteiger partial charge is 0.352 e. The van der Waals surface area contributed by atoms with Gasteiger partial charge in [-0.25, -0.2) is 0 Å². The van der Waals surface area contributed by atoms with Gasteiger partial charge in [0.05, 0.1) is 0 Å². The van der Waals surface area contributed by atoms with Crippen LogP contribution in [0.15, 0.2) is 24.3 Å². The Kier molecular flexibility index (Phi) is 7.79. The first-order chi connectivity index (χ1) is 10.9. The molecular weight excluding hydrogens is 288 g/mol. The van der Waals surface area contributed by atoms with E-state index in [1.54, 1.807) is 4.90 Å². The Labute approximate surface area is 140 Å². The average molecular weight is 318 g/mol. The van der Waals surface area contributed by atoms with E-state index in [4.69, 9.17) is 0 Å². The highest BCUT2D eigenvalue weighted by Gasteiger charge is 2.26. The number of amides is 2. The van der Waals surface area contributed by atoms with Crippen molar-refractivity contribution in [3.8, 4) is 0 Å². The van der Waals surface area contributed by atoms with Crippen molar-refractivity contribution in [2.24, 2.45) is 0 Å². The molecule has 1 N–H and O–H groups in total. The molecule has 1 aromatic rings. The fourth-order valence-corrected chi connectivity index (χ4v) is 2.38. The van der Waals surface area contributed by atoms with Crippen LogP contribution in [-0.2, 0) is 16.1 Å². The van der Waals surface area contributed by atoms with Crippen molar-refractivity contribution in [2.75, 3.05) is 0 Å². The molecule has 0 aliphatic heterocycles. The molecule has 0 saturated heterocycles. The van der Waals surface area contributed by atoms with Gasteiger partial charge in [0.25, 0.3) is 0 Å². The third kappa shape index (κ3) is 5.70. The maximum Gasteiger partial charge on any atom is 0.242 e. The van der Waals surface area contributed by atoms with E-state index in [0.717, 1.165) is 24.0 Å². The summed E-state index contributed by atoms with van der Waals surface area (Å²) >= 11 is 0. The molecule has 23 heavy (non-hydrogen) atoms. The van der Waals surface area contributed by atoms with Crippen LogP contribution in [0.3, 0.4) is 0 Å². The Hall–Kier alpha value is -1.84. The molecule has 0 aliphatic carbocycles. The average Bonchev–Trinajstić information content (AvgIpc) is 2.53. The lowest BCUT2D eigenvalue weighted by molar-refractivity contribution is -0.140. The molecule has 1 aromatic carbocycles. The normalized spacial score (nSPS) is 13.3. The lowest BCUT2D eigenvalue weighted by Gasteiger charge is -2.30. The second kappa shape index (κ2) is 9.33. The summed E-state index contributed by atoms with van der Waals surface area (Å²) in [5, 5.41) is 2.97. The van der Waals surface area contributed by atoms with Gasteiger partial charge in [-0.05, 0) is 44.7 Å². The SMILES string of the molecule is CCCC(=O)N(Cc1ccccc1C)C(C)C(=O)NC(C)CC. The van der Waals surface area contributed by atoms with Crippen molar-refractivity contribution in [2.45, 2.75) is 72.5 Å². The minimum atomic E-state index is -0.470. The molecule has 0 radical (unpaired) electrons. The van der Waals surface area contributed by atoms with Gasteiger partial charge in [-0.1, -0.05) is 38.1 Å². The van der Waals surface area contributed by atoms with Crippen molar-refractivity contribution in [1.82, 2.24) is 10.2 Å². The molecule has 0 aromatic heterocycles. The molecule has 4 nitrogen and oxygen atoms in total. The molecule has 0 aliphatic rings. The van der Waals surface area contributed by atoms with Crippen LogP contribution in [0.5, 0.6) is 0 Å². The molecule has 1 rings (SSSR count). The van der Waals surface area contributed by atoms with Gasteiger partial charge < -0.3 is 10.2 Å². The van der Waals surface area contributed by atoms with Gasteiger partial charge in [-0.2, -0.15) is 0 Å². The second-order valence-electron chi connectivity index (χ2n) is 6.19. The van der Waals surface area contributed by atoms with E-state index in [0.29, 0.717) is 13.0 Å². The standard InChI is InChI=1S/C19H30N2O2/c1-6-10-18(22)21(13-17-12-9-8-11-14(17)3)16(5)19(23)20-15(4)7-2/h8-9,11-12,15-16H,6-7,10,13H2,1-5H3,(H,20,23). The van der Waals surface area contributed by atoms with Crippen LogP contribution in [-0.4, -0.2) is 28.8 Å². The molecule has 2 unspecified atom stereocenters. The number of aryl methyl sites for hydroxylation is 1. The topological polar surface area (TPSA) is 49.4 Å². The van der Waals surface area contributed by atoms with Crippen LogP contribution in [0, 0.1) is 6.92 Å². The van der Waals surface area contributed by atoms with Crippen LogP contribution < -0.4 is 5.32 Å². The molecule has 0 spiro atoms. The first-order valence-electron chi connectivity index (χ1n) is 8.55. The Morgan fingerprint density at radius 3 is 2.39 bits per heavy atom. The summed E-state index contributed by atoms with van der Waals surface area (Å²) in [6, 6.07) is 7.64. The lowest BCUT2D eigenvalue weighted by atomic mass is 10.1. The molecular formula is C19H30N2O2. The van der Waals surface area contributed by atoms with Gasteiger partial charge >= 0.3 is 0 Å². The zero-order valence-corrected chi connectivity index (χ0v) is 15.1. The van der Waals surface area contributed by atoms with E-state index < -0.39 is 6.04 Å². The summed E-state index contributed by atoms with van der Waals surface area (Å²) in [6.07, 6.45) is 2.12. The molecule has 4 heteroatoms. The van der Waals surface area contributed by atoms with Crippen LogP contribution >= 0.6 is 0 Å². The van der Waals surface area contributed by atoms with Crippen LogP contribution in [0.1, 0.15) is 58.1 Å². The maximum absolute atomic E-state index is 12.5. The van der Waals surface area contributed by atoms with Gasteiger partial charge in [0.2, 0.25) is 11.8 Å². The molecule has 128 valence electrons. The quantitative estimate of drug-likeness (QED) is 0.798. The Morgan fingerprint density at radius 2 is 1.83 bits per heavy atom. The number of benzene rings is 1. The minimum Gasteiger partial charge on any atom is -0.352 e. The third-order valence-corrected chi connectivity index (χ3v) is 4.23. The van der Waals surface area contributed by atoms with E-state index in [-0.39, 0.29) is 17.9 Å². The molecule has 0 heterocycles. The van der Waals surface area contributed by atoms with Crippen molar-refractivity contribution in [3.63, 3.8) is 0 Å². The van der Waals surface area contributed by atoms with Gasteiger partial charge in [-0.3, -0.25) is 9.59 Å². The van der Waals surface area contributed by atoms with Crippen molar-refractivity contribution < 1.29 is 9.59 Å². The highest BCUT2D eigenvalue weighted by molar-refractivity contribution is 5.87. The number of nitrogens with one attached hydrogen (secondary N) is 1. The van der Waals surface area contributed by atoms with E-state index >= 15 is 0 Å². The number of rotatable bonds is 8. The van der Waals surface area contributed by atoms with E-state index in [2.05, 4.69) is 5.32 Å². The van der Waals surface area contributed by atoms with Crippen LogP contribution in [0.2, 0.25) is 0 Å². The van der Waals surface area contributed by atoms with E-state index in [1.807, 2.05) is 58.9 Å². The van der Waals surface area contributed by atoms with E-state index in [9.17, 15) is 9.59 Å². The molecule has 0 fully saturated rings. The van der Waals surface area contributed by atoms with Crippen LogP contribution in [0.25, 0.3) is 0 Å². The Morgan fingerprint density at radius 1 is 1.17 bits per heavy atom. The zero-order chi connectivity index (χ0) is 17.4. The predicted molar refractivity (Wildman–Crippen MR) is 94.0 cm³/mol. The predicted octanol–water partition coefficient (Wildman–Crippen LogP) is 3.43. The summed E-state index contributed by atoms with van der Waals surface area (Å²) in [6.45, 7) is 10.3. The minimum absolute atomic E-state index is 0.0301. The van der Waals surface area contributed by atoms with Gasteiger partial charge in [-0.15, -0.1) is 0 Å². The number of nitrogens with zero attached hydrogens (tertiary/aromatic N) is 1. The first kappa shape index (κ1) is 19.2. The smallest absolute Gasteiger partial charge is 0.242 e. The Bertz CT molecular complexity index is 528. The monoisotopic (exact) mass is 318 g/mol.